The van der Waals surface area contributed by atoms with Crippen molar-refractivity contribution in [2.45, 2.75) is 76.5 Å². The van der Waals surface area contributed by atoms with Crippen molar-refractivity contribution in [1.29, 1.82) is 0 Å². The number of hydrogen-bond acceptors (Lipinski definition) is 2. The van der Waals surface area contributed by atoms with Crippen molar-refractivity contribution < 1.29 is 4.74 Å². The molecular weight excluding hydrogens is 258 g/mol. The van der Waals surface area contributed by atoms with E-state index in [-0.39, 0.29) is 6.10 Å². The van der Waals surface area contributed by atoms with E-state index >= 15 is 0 Å². The Bertz CT molecular complexity index is 433. The van der Waals surface area contributed by atoms with Gasteiger partial charge in [0.2, 0.25) is 0 Å². The highest BCUT2D eigenvalue weighted by Crippen LogP contribution is 2.28. The number of hydrogen-bond donors (Lipinski definition) is 1. The Morgan fingerprint density at radius 3 is 2.52 bits per heavy atom. The Hall–Kier alpha value is -0.860. The van der Waals surface area contributed by atoms with E-state index in [0.29, 0.717) is 6.10 Å². The molecule has 1 unspecified atom stereocenters. The molecule has 1 aromatic rings. The fourth-order valence-corrected chi connectivity index (χ4v) is 3.29. The molecule has 2 heteroatoms. The summed E-state index contributed by atoms with van der Waals surface area (Å²) in [5.41, 5.74) is 2.67. The maximum Gasteiger partial charge on any atom is 0.0953 e. The van der Waals surface area contributed by atoms with Gasteiger partial charge in [-0.3, -0.25) is 0 Å². The van der Waals surface area contributed by atoms with Gasteiger partial charge < -0.3 is 10.1 Å². The highest BCUT2D eigenvalue weighted by atomic mass is 16.5. The number of nitrogens with one attached hydrogen (secondary N) is 1. The molecule has 2 fully saturated rings. The summed E-state index contributed by atoms with van der Waals surface area (Å²) in [6.07, 6.45) is 11.3. The fourth-order valence-electron chi connectivity index (χ4n) is 3.29. The van der Waals surface area contributed by atoms with Gasteiger partial charge in [-0.2, -0.15) is 0 Å². The minimum atomic E-state index is 0.216. The Labute approximate surface area is 129 Å². The minimum absolute atomic E-state index is 0.216. The molecule has 1 atom stereocenters. The Morgan fingerprint density at radius 2 is 1.86 bits per heavy atom. The molecule has 2 aliphatic carbocycles. The van der Waals surface area contributed by atoms with E-state index in [4.69, 9.17) is 4.74 Å². The molecule has 2 nitrogen and oxygen atoms in total. The van der Waals surface area contributed by atoms with Crippen molar-refractivity contribution in [1.82, 2.24) is 5.32 Å². The maximum absolute atomic E-state index is 6.53. The molecule has 0 radical (unpaired) electrons. The van der Waals surface area contributed by atoms with E-state index in [9.17, 15) is 0 Å². The summed E-state index contributed by atoms with van der Waals surface area (Å²) >= 11 is 0. The summed E-state index contributed by atoms with van der Waals surface area (Å²) in [6.45, 7) is 3.13. The van der Waals surface area contributed by atoms with Crippen molar-refractivity contribution >= 4 is 0 Å². The van der Waals surface area contributed by atoms with Crippen LogP contribution >= 0.6 is 0 Å². The zero-order chi connectivity index (χ0) is 14.5. The zero-order valence-corrected chi connectivity index (χ0v) is 13.3. The molecule has 3 rings (SSSR count). The molecule has 0 spiro atoms. The topological polar surface area (TPSA) is 21.3 Å². The molecule has 0 aromatic heterocycles. The summed E-state index contributed by atoms with van der Waals surface area (Å²) in [6, 6.07) is 9.58. The van der Waals surface area contributed by atoms with Crippen LogP contribution in [0, 0.1) is 6.92 Å². The Balaban J connectivity index is 1.64. The van der Waals surface area contributed by atoms with Crippen molar-refractivity contribution in [3.05, 3.63) is 35.4 Å². The first-order chi connectivity index (χ1) is 10.3. The highest BCUT2D eigenvalue weighted by Gasteiger charge is 2.25. The predicted octanol–water partition coefficient (Wildman–Crippen LogP) is 4.53. The average molecular weight is 287 g/mol. The van der Waals surface area contributed by atoms with Crippen molar-refractivity contribution in [2.75, 3.05) is 6.54 Å². The van der Waals surface area contributed by atoms with Crippen LogP contribution in [0.25, 0.3) is 0 Å². The zero-order valence-electron chi connectivity index (χ0n) is 13.3. The average Bonchev–Trinajstić information content (AvgIpc) is 3.31. The summed E-state index contributed by atoms with van der Waals surface area (Å²) in [4.78, 5) is 0. The minimum Gasteiger partial charge on any atom is -0.369 e. The first-order valence-corrected chi connectivity index (χ1v) is 8.76. The molecule has 0 aliphatic heterocycles. The summed E-state index contributed by atoms with van der Waals surface area (Å²) in [5.74, 6) is 0. The number of benzene rings is 1. The lowest BCUT2D eigenvalue weighted by atomic mass is 10.1. The van der Waals surface area contributed by atoms with E-state index in [0.717, 1.165) is 12.6 Å². The molecule has 0 bridgehead atoms. The molecule has 0 heterocycles. The normalized spacial score (nSPS) is 22.0. The smallest absolute Gasteiger partial charge is 0.0953 e. The lowest BCUT2D eigenvalue weighted by Crippen LogP contribution is -2.28. The van der Waals surface area contributed by atoms with Gasteiger partial charge in [-0.05, 0) is 38.2 Å². The van der Waals surface area contributed by atoms with Gasteiger partial charge in [0.15, 0.2) is 0 Å². The van der Waals surface area contributed by atoms with Gasteiger partial charge in [-0.15, -0.1) is 0 Å². The van der Waals surface area contributed by atoms with E-state index in [1.807, 2.05) is 0 Å². The van der Waals surface area contributed by atoms with Crippen LogP contribution in [0.15, 0.2) is 24.3 Å². The predicted molar refractivity (Wildman–Crippen MR) is 87.5 cm³/mol. The number of aryl methyl sites for hydroxylation is 1. The van der Waals surface area contributed by atoms with Gasteiger partial charge in [0.05, 0.1) is 12.2 Å². The summed E-state index contributed by atoms with van der Waals surface area (Å²) < 4.78 is 6.53. The standard InChI is InChI=1S/C19H29NO/c1-15-7-6-8-16(13-15)19(14-20-17-11-12-17)21-18-9-4-2-3-5-10-18/h6-8,13,17-20H,2-5,9-12,14H2,1H3. The second-order valence-electron chi connectivity index (χ2n) is 6.83. The first kappa shape index (κ1) is 15.1. The number of ether oxygens (including phenoxy) is 1. The van der Waals surface area contributed by atoms with E-state index in [1.54, 1.807) is 0 Å². The van der Waals surface area contributed by atoms with Crippen LogP contribution in [0.4, 0.5) is 0 Å². The van der Waals surface area contributed by atoms with E-state index in [1.165, 1.54) is 62.5 Å². The second kappa shape index (κ2) is 7.42. The monoisotopic (exact) mass is 287 g/mol. The Morgan fingerprint density at radius 1 is 1.10 bits per heavy atom. The van der Waals surface area contributed by atoms with Crippen LogP contribution in [-0.2, 0) is 4.74 Å². The molecule has 1 N–H and O–H groups in total. The third-order valence-electron chi connectivity index (χ3n) is 4.74. The van der Waals surface area contributed by atoms with E-state index in [2.05, 4.69) is 36.5 Å². The van der Waals surface area contributed by atoms with Gasteiger partial charge in [-0.1, -0.05) is 55.5 Å². The van der Waals surface area contributed by atoms with Crippen LogP contribution < -0.4 is 5.32 Å². The first-order valence-electron chi connectivity index (χ1n) is 8.76. The molecular formula is C19H29NO. The lowest BCUT2D eigenvalue weighted by Gasteiger charge is -2.25. The van der Waals surface area contributed by atoms with Gasteiger partial charge in [0.25, 0.3) is 0 Å². The van der Waals surface area contributed by atoms with Gasteiger partial charge in [-0.25, -0.2) is 0 Å². The van der Waals surface area contributed by atoms with Gasteiger partial charge >= 0.3 is 0 Å². The molecule has 0 saturated heterocycles. The number of rotatable bonds is 6. The fraction of sp³-hybridized carbons (Fsp3) is 0.684. The highest BCUT2D eigenvalue weighted by molar-refractivity contribution is 5.24. The van der Waals surface area contributed by atoms with Crippen molar-refractivity contribution in [3.8, 4) is 0 Å². The largest absolute Gasteiger partial charge is 0.369 e. The Kier molecular flexibility index (Phi) is 5.32. The van der Waals surface area contributed by atoms with Crippen molar-refractivity contribution in [2.24, 2.45) is 0 Å². The second-order valence-corrected chi connectivity index (χ2v) is 6.83. The third kappa shape index (κ3) is 4.82. The van der Waals surface area contributed by atoms with Crippen molar-refractivity contribution in [3.63, 3.8) is 0 Å². The molecule has 2 saturated carbocycles. The quantitative estimate of drug-likeness (QED) is 0.776. The molecule has 116 valence electrons. The molecule has 1 aromatic carbocycles. The van der Waals surface area contributed by atoms with Gasteiger partial charge in [0.1, 0.15) is 0 Å². The van der Waals surface area contributed by atoms with Crippen LogP contribution in [0.3, 0.4) is 0 Å². The van der Waals surface area contributed by atoms with Gasteiger partial charge in [0, 0.05) is 12.6 Å². The summed E-state index contributed by atoms with van der Waals surface area (Å²) in [5, 5.41) is 3.65. The maximum atomic E-state index is 6.53. The summed E-state index contributed by atoms with van der Waals surface area (Å²) in [7, 11) is 0. The molecule has 2 aliphatic rings. The van der Waals surface area contributed by atoms with Crippen LogP contribution in [0.1, 0.15) is 68.6 Å². The third-order valence-corrected chi connectivity index (χ3v) is 4.74. The molecule has 21 heavy (non-hydrogen) atoms. The SMILES string of the molecule is Cc1cccc(C(CNC2CC2)OC2CCCCCC2)c1. The molecule has 0 amide bonds. The van der Waals surface area contributed by atoms with Crippen LogP contribution in [-0.4, -0.2) is 18.7 Å². The van der Waals surface area contributed by atoms with E-state index < -0.39 is 0 Å². The van der Waals surface area contributed by atoms with Crippen LogP contribution in [0.2, 0.25) is 0 Å². The van der Waals surface area contributed by atoms with Crippen LogP contribution in [0.5, 0.6) is 0 Å². The lowest BCUT2D eigenvalue weighted by molar-refractivity contribution is -0.0203.